The van der Waals surface area contributed by atoms with Crippen LogP contribution >= 0.6 is 0 Å². The number of hydrogen-bond donors (Lipinski definition) is 2. The van der Waals surface area contributed by atoms with E-state index in [-0.39, 0.29) is 11.4 Å². The first-order chi connectivity index (χ1) is 9.49. The molecule has 0 spiro atoms. The average molecular weight is 282 g/mol. The zero-order chi connectivity index (χ0) is 14.6. The van der Waals surface area contributed by atoms with Gasteiger partial charge in [-0.2, -0.15) is 0 Å². The van der Waals surface area contributed by atoms with Crippen LogP contribution in [0.2, 0.25) is 0 Å². The minimum Gasteiger partial charge on any atom is -0.388 e. The first-order valence-corrected chi connectivity index (χ1v) is 8.14. The molecule has 0 atom stereocenters. The second-order valence-electron chi connectivity index (χ2n) is 6.95. The Morgan fingerprint density at radius 2 is 1.65 bits per heavy atom. The molecule has 116 valence electrons. The van der Waals surface area contributed by atoms with Crippen molar-refractivity contribution in [2.24, 2.45) is 0 Å². The van der Waals surface area contributed by atoms with Gasteiger partial charge in [0, 0.05) is 25.6 Å². The summed E-state index contributed by atoms with van der Waals surface area (Å²) in [5, 5.41) is 13.8. The Bertz CT molecular complexity index is 331. The lowest BCUT2D eigenvalue weighted by Crippen LogP contribution is -2.50. The molecular formula is C16H30N2O2. The highest BCUT2D eigenvalue weighted by molar-refractivity contribution is 5.77. The predicted molar refractivity (Wildman–Crippen MR) is 80.5 cm³/mol. The maximum atomic E-state index is 12.5. The number of nitrogens with zero attached hydrogens (tertiary/aromatic N) is 1. The lowest BCUT2D eigenvalue weighted by Gasteiger charge is -2.38. The van der Waals surface area contributed by atoms with Crippen LogP contribution in [-0.2, 0) is 4.79 Å². The maximum Gasteiger partial charge on any atom is 0.224 e. The number of amides is 1. The molecule has 2 aliphatic rings. The molecule has 4 heteroatoms. The van der Waals surface area contributed by atoms with Gasteiger partial charge >= 0.3 is 0 Å². The molecule has 0 aromatic heterocycles. The molecule has 2 aliphatic carbocycles. The second-order valence-corrected chi connectivity index (χ2v) is 6.95. The Morgan fingerprint density at radius 1 is 1.10 bits per heavy atom. The molecule has 0 aromatic carbocycles. The van der Waals surface area contributed by atoms with Gasteiger partial charge in [-0.15, -0.1) is 0 Å². The van der Waals surface area contributed by atoms with Crippen molar-refractivity contribution in [1.29, 1.82) is 0 Å². The molecule has 2 fully saturated rings. The van der Waals surface area contributed by atoms with Crippen molar-refractivity contribution in [3.8, 4) is 0 Å². The fourth-order valence-corrected chi connectivity index (χ4v) is 3.89. The van der Waals surface area contributed by atoms with Crippen molar-refractivity contribution >= 4 is 5.91 Å². The largest absolute Gasteiger partial charge is 0.388 e. The van der Waals surface area contributed by atoms with E-state index in [0.717, 1.165) is 38.5 Å². The summed E-state index contributed by atoms with van der Waals surface area (Å²) < 4.78 is 0. The molecule has 0 unspecified atom stereocenters. The summed E-state index contributed by atoms with van der Waals surface area (Å²) in [6, 6.07) is 0. The topological polar surface area (TPSA) is 52.6 Å². The smallest absolute Gasteiger partial charge is 0.224 e. The lowest BCUT2D eigenvalue weighted by atomic mass is 9.79. The van der Waals surface area contributed by atoms with Crippen molar-refractivity contribution in [2.75, 3.05) is 20.6 Å². The molecule has 0 saturated heterocycles. The van der Waals surface area contributed by atoms with Gasteiger partial charge in [-0.1, -0.05) is 32.1 Å². The standard InChI is InChI=1S/C16H30N2O2/c1-17-15(8-4-3-5-9-15)12-14(19)18(2)13-16(20)10-6-7-11-16/h17,20H,3-13H2,1-2H3. The zero-order valence-electron chi connectivity index (χ0n) is 13.1. The highest BCUT2D eigenvalue weighted by atomic mass is 16.3. The highest BCUT2D eigenvalue weighted by Crippen LogP contribution is 2.33. The third-order valence-corrected chi connectivity index (χ3v) is 5.32. The van der Waals surface area contributed by atoms with Crippen LogP contribution in [0.25, 0.3) is 0 Å². The molecule has 20 heavy (non-hydrogen) atoms. The van der Waals surface area contributed by atoms with Crippen LogP contribution in [0.3, 0.4) is 0 Å². The summed E-state index contributed by atoms with van der Waals surface area (Å²) in [6.45, 7) is 0.492. The van der Waals surface area contributed by atoms with E-state index in [0.29, 0.717) is 13.0 Å². The number of hydrogen-bond acceptors (Lipinski definition) is 3. The Labute approximate surface area is 122 Å². The summed E-state index contributed by atoms with van der Waals surface area (Å²) >= 11 is 0. The summed E-state index contributed by atoms with van der Waals surface area (Å²) in [7, 11) is 3.81. The van der Waals surface area contributed by atoms with Crippen LogP contribution < -0.4 is 5.32 Å². The molecule has 0 radical (unpaired) electrons. The molecule has 0 aliphatic heterocycles. The lowest BCUT2D eigenvalue weighted by molar-refractivity contribution is -0.135. The first kappa shape index (κ1) is 15.8. The molecule has 0 aromatic rings. The van der Waals surface area contributed by atoms with Gasteiger partial charge in [-0.05, 0) is 32.7 Å². The number of rotatable bonds is 5. The van der Waals surface area contributed by atoms with E-state index in [2.05, 4.69) is 5.32 Å². The SMILES string of the molecule is CNC1(CC(=O)N(C)CC2(O)CCCC2)CCCCC1. The van der Waals surface area contributed by atoms with Gasteiger partial charge in [-0.3, -0.25) is 4.79 Å². The van der Waals surface area contributed by atoms with Crippen LogP contribution in [-0.4, -0.2) is 47.7 Å². The maximum absolute atomic E-state index is 12.5. The summed E-state index contributed by atoms with van der Waals surface area (Å²) in [6.07, 6.45) is 10.3. The number of nitrogens with one attached hydrogen (secondary N) is 1. The summed E-state index contributed by atoms with van der Waals surface area (Å²) in [4.78, 5) is 14.2. The van der Waals surface area contributed by atoms with Gasteiger partial charge in [0.25, 0.3) is 0 Å². The minimum absolute atomic E-state index is 0.0120. The second kappa shape index (κ2) is 6.44. The van der Waals surface area contributed by atoms with E-state index >= 15 is 0 Å². The summed E-state index contributed by atoms with van der Waals surface area (Å²) in [5.41, 5.74) is -0.647. The number of aliphatic hydroxyl groups is 1. The quantitative estimate of drug-likeness (QED) is 0.811. The van der Waals surface area contributed by atoms with Crippen molar-refractivity contribution in [2.45, 2.75) is 75.3 Å². The zero-order valence-corrected chi connectivity index (χ0v) is 13.1. The Kier molecular flexibility index (Phi) is 5.08. The van der Waals surface area contributed by atoms with Crippen molar-refractivity contribution in [3.63, 3.8) is 0 Å². The van der Waals surface area contributed by atoms with E-state index in [9.17, 15) is 9.90 Å². The Hall–Kier alpha value is -0.610. The molecule has 2 saturated carbocycles. The predicted octanol–water partition coefficient (Wildman–Crippen LogP) is 2.06. The van der Waals surface area contributed by atoms with Crippen molar-refractivity contribution in [3.05, 3.63) is 0 Å². The highest BCUT2D eigenvalue weighted by Gasteiger charge is 2.37. The van der Waals surface area contributed by atoms with Crippen molar-refractivity contribution < 1.29 is 9.90 Å². The number of carbonyl (C=O) groups is 1. The van der Waals surface area contributed by atoms with Crippen LogP contribution in [0, 0.1) is 0 Å². The van der Waals surface area contributed by atoms with E-state index in [4.69, 9.17) is 0 Å². The molecule has 2 rings (SSSR count). The molecule has 2 N–H and O–H groups in total. The molecule has 0 bridgehead atoms. The Morgan fingerprint density at radius 3 is 2.20 bits per heavy atom. The first-order valence-electron chi connectivity index (χ1n) is 8.14. The average Bonchev–Trinajstić information content (AvgIpc) is 2.86. The number of carbonyl (C=O) groups excluding carboxylic acids is 1. The fraction of sp³-hybridized carbons (Fsp3) is 0.938. The van der Waals surface area contributed by atoms with E-state index in [1.807, 2.05) is 14.1 Å². The van der Waals surface area contributed by atoms with Crippen molar-refractivity contribution in [1.82, 2.24) is 10.2 Å². The van der Waals surface area contributed by atoms with Gasteiger partial charge in [0.05, 0.1) is 5.60 Å². The monoisotopic (exact) mass is 282 g/mol. The molecule has 0 heterocycles. The van der Waals surface area contributed by atoms with E-state index in [1.54, 1.807) is 4.90 Å². The van der Waals surface area contributed by atoms with Crippen LogP contribution in [0.15, 0.2) is 0 Å². The normalized spacial score (nSPS) is 24.6. The third kappa shape index (κ3) is 3.73. The van der Waals surface area contributed by atoms with Crippen LogP contribution in [0.1, 0.15) is 64.2 Å². The minimum atomic E-state index is -0.635. The van der Waals surface area contributed by atoms with Gasteiger partial charge in [0.1, 0.15) is 0 Å². The molecular weight excluding hydrogens is 252 g/mol. The van der Waals surface area contributed by atoms with E-state index in [1.165, 1.54) is 19.3 Å². The molecule has 1 amide bonds. The van der Waals surface area contributed by atoms with Gasteiger partial charge in [-0.25, -0.2) is 0 Å². The molecule has 4 nitrogen and oxygen atoms in total. The van der Waals surface area contributed by atoms with Gasteiger partial charge in [0.15, 0.2) is 0 Å². The van der Waals surface area contributed by atoms with Gasteiger partial charge < -0.3 is 15.3 Å². The Balaban J connectivity index is 1.89. The fourth-order valence-electron chi connectivity index (χ4n) is 3.89. The third-order valence-electron chi connectivity index (χ3n) is 5.32. The van der Waals surface area contributed by atoms with Crippen LogP contribution in [0.4, 0.5) is 0 Å². The van der Waals surface area contributed by atoms with Gasteiger partial charge in [0.2, 0.25) is 5.91 Å². The van der Waals surface area contributed by atoms with E-state index < -0.39 is 5.60 Å². The van der Waals surface area contributed by atoms with Crippen LogP contribution in [0.5, 0.6) is 0 Å². The number of likely N-dealkylation sites (N-methyl/N-ethyl adjacent to an activating group) is 1. The summed E-state index contributed by atoms with van der Waals surface area (Å²) in [5.74, 6) is 0.168.